The Labute approximate surface area is 152 Å². The van der Waals surface area contributed by atoms with Crippen LogP contribution in [0.4, 0.5) is 0 Å². The third kappa shape index (κ3) is 4.10. The predicted molar refractivity (Wildman–Crippen MR) is 99.2 cm³/mol. The van der Waals surface area contributed by atoms with Crippen molar-refractivity contribution in [3.63, 3.8) is 0 Å². The minimum absolute atomic E-state index is 0.306. The summed E-state index contributed by atoms with van der Waals surface area (Å²) in [5, 5.41) is 3.93. The maximum atomic E-state index is 13.1. The maximum absolute atomic E-state index is 13.1. The molecule has 0 saturated carbocycles. The zero-order valence-corrected chi connectivity index (χ0v) is 16.1. The molecule has 120 valence electrons. The third-order valence-corrected chi connectivity index (χ3v) is 7.26. The average Bonchev–Trinajstić information content (AvgIpc) is 3.20. The van der Waals surface area contributed by atoms with Gasteiger partial charge in [0.05, 0.1) is 4.90 Å². The minimum atomic E-state index is -3.56. The number of halogens is 1. The minimum Gasteiger partial charge on any atom is -0.207 e. The van der Waals surface area contributed by atoms with Gasteiger partial charge in [0.25, 0.3) is 0 Å². The molecule has 0 radical (unpaired) electrons. The summed E-state index contributed by atoms with van der Waals surface area (Å²) in [6, 6.07) is 14.6. The van der Waals surface area contributed by atoms with Gasteiger partial charge in [0.15, 0.2) is 0 Å². The van der Waals surface area contributed by atoms with Crippen molar-refractivity contribution in [1.29, 1.82) is 0 Å². The Morgan fingerprint density at radius 2 is 1.52 bits per heavy atom. The zero-order valence-electron chi connectivity index (χ0n) is 12.1. The summed E-state index contributed by atoms with van der Waals surface area (Å²) in [5.41, 5.74) is 0. The molecule has 0 spiro atoms. The van der Waals surface area contributed by atoms with Crippen LogP contribution in [0.5, 0.6) is 0 Å². The average molecular weight is 428 g/mol. The molecule has 2 aromatic heterocycles. The van der Waals surface area contributed by atoms with Crippen LogP contribution in [0, 0.1) is 0 Å². The maximum Gasteiger partial charge on any atom is 0.243 e. The van der Waals surface area contributed by atoms with E-state index in [1.54, 1.807) is 40.9 Å². The summed E-state index contributed by atoms with van der Waals surface area (Å²) in [6.07, 6.45) is 0. The first-order valence-corrected chi connectivity index (χ1v) is 10.9. The van der Waals surface area contributed by atoms with E-state index < -0.39 is 10.0 Å². The van der Waals surface area contributed by atoms with Gasteiger partial charge in [-0.3, -0.25) is 0 Å². The fourth-order valence-electron chi connectivity index (χ4n) is 2.16. The van der Waals surface area contributed by atoms with E-state index in [2.05, 4.69) is 15.9 Å². The molecule has 3 nitrogen and oxygen atoms in total. The number of thiophene rings is 2. The molecule has 0 saturated heterocycles. The topological polar surface area (TPSA) is 37.4 Å². The second-order valence-electron chi connectivity index (χ2n) is 4.89. The Bertz CT molecular complexity index is 822. The lowest BCUT2D eigenvalue weighted by atomic mass is 10.4. The molecule has 0 N–H and O–H groups in total. The van der Waals surface area contributed by atoms with Crippen LogP contribution in [0.3, 0.4) is 0 Å². The highest BCUT2D eigenvalue weighted by Gasteiger charge is 2.25. The lowest BCUT2D eigenvalue weighted by Crippen LogP contribution is -2.29. The second-order valence-corrected chi connectivity index (χ2v) is 9.81. The molecule has 23 heavy (non-hydrogen) atoms. The Kier molecular flexibility index (Phi) is 5.33. The standard InChI is InChI=1S/C16H14BrNO2S3/c17-13-4-1-7-16(10-13)23(19,20)18(11-14-5-2-8-21-14)12-15-6-3-9-22-15/h1-10H,11-12H2. The van der Waals surface area contributed by atoms with Gasteiger partial charge in [-0.1, -0.05) is 34.1 Å². The van der Waals surface area contributed by atoms with Crippen molar-refractivity contribution in [2.24, 2.45) is 0 Å². The van der Waals surface area contributed by atoms with Crippen molar-refractivity contribution in [3.05, 3.63) is 73.5 Å². The number of nitrogens with zero attached hydrogens (tertiary/aromatic N) is 1. The van der Waals surface area contributed by atoms with Crippen LogP contribution in [-0.4, -0.2) is 12.7 Å². The van der Waals surface area contributed by atoms with Gasteiger partial charge in [0.1, 0.15) is 0 Å². The summed E-state index contributed by atoms with van der Waals surface area (Å²) in [7, 11) is -3.56. The van der Waals surface area contributed by atoms with Gasteiger partial charge >= 0.3 is 0 Å². The Morgan fingerprint density at radius 1 is 0.913 bits per heavy atom. The molecule has 0 unspecified atom stereocenters. The summed E-state index contributed by atoms with van der Waals surface area (Å²) < 4.78 is 28.4. The molecule has 0 bridgehead atoms. The van der Waals surface area contributed by atoms with Crippen molar-refractivity contribution in [1.82, 2.24) is 4.31 Å². The van der Waals surface area contributed by atoms with E-state index in [9.17, 15) is 8.42 Å². The van der Waals surface area contributed by atoms with E-state index in [0.29, 0.717) is 18.0 Å². The van der Waals surface area contributed by atoms with Crippen LogP contribution in [0.2, 0.25) is 0 Å². The predicted octanol–water partition coefficient (Wildman–Crippen LogP) is 4.96. The summed E-state index contributed by atoms with van der Waals surface area (Å²) in [4.78, 5) is 2.36. The van der Waals surface area contributed by atoms with E-state index >= 15 is 0 Å². The summed E-state index contributed by atoms with van der Waals surface area (Å²) >= 11 is 6.48. The number of hydrogen-bond donors (Lipinski definition) is 0. The van der Waals surface area contributed by atoms with Gasteiger partial charge in [0, 0.05) is 27.3 Å². The molecular formula is C16H14BrNO2S3. The number of rotatable bonds is 6. The fraction of sp³-hybridized carbons (Fsp3) is 0.125. The quantitative estimate of drug-likeness (QED) is 0.556. The SMILES string of the molecule is O=S(=O)(c1cccc(Br)c1)N(Cc1cccs1)Cc1cccs1. The van der Waals surface area contributed by atoms with Crippen molar-refractivity contribution >= 4 is 48.6 Å². The summed E-state index contributed by atoms with van der Waals surface area (Å²) in [5.74, 6) is 0. The van der Waals surface area contributed by atoms with E-state index in [-0.39, 0.29) is 0 Å². The molecule has 0 fully saturated rings. The van der Waals surface area contributed by atoms with Crippen LogP contribution in [0.15, 0.2) is 68.7 Å². The van der Waals surface area contributed by atoms with Crippen LogP contribution in [-0.2, 0) is 23.1 Å². The smallest absolute Gasteiger partial charge is 0.207 e. The molecule has 0 aliphatic heterocycles. The molecule has 2 heterocycles. The molecule has 0 amide bonds. The first-order valence-electron chi connectivity index (χ1n) is 6.86. The van der Waals surface area contributed by atoms with E-state index in [1.807, 2.05) is 41.1 Å². The normalized spacial score (nSPS) is 11.9. The van der Waals surface area contributed by atoms with Crippen molar-refractivity contribution in [2.75, 3.05) is 0 Å². The van der Waals surface area contributed by atoms with Crippen LogP contribution >= 0.6 is 38.6 Å². The molecule has 7 heteroatoms. The fourth-order valence-corrected chi connectivity index (χ4v) is 5.75. The number of sulfonamides is 1. The summed E-state index contributed by atoms with van der Waals surface area (Å²) in [6.45, 7) is 0.759. The third-order valence-electron chi connectivity index (χ3n) is 3.26. The van der Waals surface area contributed by atoms with E-state index in [0.717, 1.165) is 14.2 Å². The molecule has 3 rings (SSSR count). The van der Waals surface area contributed by atoms with Crippen LogP contribution in [0.1, 0.15) is 9.75 Å². The molecular weight excluding hydrogens is 414 g/mol. The largest absolute Gasteiger partial charge is 0.243 e. The van der Waals surface area contributed by atoms with Gasteiger partial charge in [0.2, 0.25) is 10.0 Å². The molecule has 1 aromatic carbocycles. The number of benzene rings is 1. The van der Waals surface area contributed by atoms with Gasteiger partial charge in [-0.2, -0.15) is 4.31 Å². The van der Waals surface area contributed by atoms with Gasteiger partial charge in [-0.15, -0.1) is 22.7 Å². The van der Waals surface area contributed by atoms with Crippen molar-refractivity contribution in [2.45, 2.75) is 18.0 Å². The Morgan fingerprint density at radius 3 is 2.00 bits per heavy atom. The number of hydrogen-bond acceptors (Lipinski definition) is 4. The lowest BCUT2D eigenvalue weighted by Gasteiger charge is -2.21. The highest BCUT2D eigenvalue weighted by Crippen LogP contribution is 2.25. The molecule has 0 atom stereocenters. The van der Waals surface area contributed by atoms with E-state index in [1.165, 1.54) is 4.31 Å². The first-order chi connectivity index (χ1) is 11.1. The van der Waals surface area contributed by atoms with Crippen molar-refractivity contribution < 1.29 is 8.42 Å². The Hall–Kier alpha value is -0.990. The first kappa shape index (κ1) is 16.9. The van der Waals surface area contributed by atoms with E-state index in [4.69, 9.17) is 0 Å². The zero-order chi connectivity index (χ0) is 16.3. The van der Waals surface area contributed by atoms with Crippen LogP contribution in [0.25, 0.3) is 0 Å². The van der Waals surface area contributed by atoms with Gasteiger partial charge in [-0.05, 0) is 41.1 Å². The highest BCUT2D eigenvalue weighted by molar-refractivity contribution is 9.10. The molecule has 0 aliphatic rings. The van der Waals surface area contributed by atoms with Gasteiger partial charge < -0.3 is 0 Å². The highest BCUT2D eigenvalue weighted by atomic mass is 79.9. The Balaban J connectivity index is 1.95. The van der Waals surface area contributed by atoms with Gasteiger partial charge in [-0.25, -0.2) is 8.42 Å². The monoisotopic (exact) mass is 427 g/mol. The second kappa shape index (κ2) is 7.27. The molecule has 0 aliphatic carbocycles. The van der Waals surface area contributed by atoms with Crippen molar-refractivity contribution in [3.8, 4) is 0 Å². The van der Waals surface area contributed by atoms with Crippen LogP contribution < -0.4 is 0 Å². The molecule has 3 aromatic rings. The lowest BCUT2D eigenvalue weighted by molar-refractivity contribution is 0.407.